The molecule has 9 heteroatoms. The summed E-state index contributed by atoms with van der Waals surface area (Å²) in [6.45, 7) is 0. The molecule has 8 nitrogen and oxygen atoms in total. The van der Waals surface area contributed by atoms with Crippen LogP contribution in [0.1, 0.15) is 28.6 Å². The van der Waals surface area contributed by atoms with Crippen molar-refractivity contribution in [3.63, 3.8) is 0 Å². The Balaban J connectivity index is 1.63. The van der Waals surface area contributed by atoms with Crippen molar-refractivity contribution in [1.29, 1.82) is 0 Å². The zero-order valence-corrected chi connectivity index (χ0v) is 14.9. The number of hydrogen-bond donors (Lipinski definition) is 2. The predicted octanol–water partition coefficient (Wildman–Crippen LogP) is 2.22. The highest BCUT2D eigenvalue weighted by atomic mass is 32.2. The number of hydrogen-bond acceptors (Lipinski definition) is 6. The first-order valence-electron chi connectivity index (χ1n) is 8.16. The van der Waals surface area contributed by atoms with Crippen LogP contribution in [-0.2, 0) is 0 Å². The smallest absolute Gasteiger partial charge is 0.251 e. The summed E-state index contributed by atoms with van der Waals surface area (Å²) in [5.41, 5.74) is 2.68. The van der Waals surface area contributed by atoms with Crippen molar-refractivity contribution >= 4 is 34.3 Å². The molecule has 0 aliphatic rings. The Labute approximate surface area is 153 Å². The second-order valence-corrected chi connectivity index (χ2v) is 6.81. The number of carbonyl (C=O) groups excluding carboxylic acids is 1. The summed E-state index contributed by atoms with van der Waals surface area (Å²) in [5.74, 6) is 1.45. The lowest BCUT2D eigenvalue weighted by Gasteiger charge is -2.17. The number of nitrogens with zero attached hydrogens (tertiary/aromatic N) is 5. The summed E-state index contributed by atoms with van der Waals surface area (Å²) in [6, 6.07) is 10.7. The third-order valence-electron chi connectivity index (χ3n) is 4.15. The van der Waals surface area contributed by atoms with Crippen molar-refractivity contribution in [1.82, 2.24) is 35.3 Å². The fraction of sp³-hybridized carbons (Fsp3) is 0.235. The molecule has 4 aromatic rings. The molecule has 3 heterocycles. The first-order valence-corrected chi connectivity index (χ1v) is 9.55. The van der Waals surface area contributed by atoms with Crippen LogP contribution < -0.4 is 5.32 Å². The monoisotopic (exact) mass is 367 g/mol. The van der Waals surface area contributed by atoms with E-state index in [0.29, 0.717) is 11.1 Å². The molecule has 0 fully saturated rings. The standard InChI is InChI=1S/C17H17N7OS/c1-26-9-7-13(16-22-21-15-4-2-3-8-24(15)16)18-17(25)11-5-6-12-14(10-11)20-23-19-12/h2-6,8,10,13H,7,9H2,1H3,(H,18,25)(H,19,20,23)/t13-/m0/s1. The van der Waals surface area contributed by atoms with Gasteiger partial charge in [-0.1, -0.05) is 6.07 Å². The van der Waals surface area contributed by atoms with E-state index in [9.17, 15) is 4.79 Å². The van der Waals surface area contributed by atoms with Crippen molar-refractivity contribution in [3.8, 4) is 0 Å². The van der Waals surface area contributed by atoms with Crippen LogP contribution in [-0.4, -0.2) is 47.9 Å². The van der Waals surface area contributed by atoms with Gasteiger partial charge in [0.1, 0.15) is 11.0 Å². The number of nitrogens with one attached hydrogen (secondary N) is 2. The number of thioether (sulfide) groups is 1. The number of carbonyl (C=O) groups is 1. The normalized spacial score (nSPS) is 12.5. The Morgan fingerprint density at radius 3 is 3.00 bits per heavy atom. The van der Waals surface area contributed by atoms with Crippen molar-refractivity contribution in [2.24, 2.45) is 0 Å². The summed E-state index contributed by atoms with van der Waals surface area (Å²) in [7, 11) is 0. The SMILES string of the molecule is CSCC[C@H](NC(=O)c1ccc2n[nH]nc2c1)c1nnc2ccccn12. The maximum Gasteiger partial charge on any atom is 0.251 e. The molecule has 3 aromatic heterocycles. The third-order valence-corrected chi connectivity index (χ3v) is 4.79. The van der Waals surface area contributed by atoms with Gasteiger partial charge in [-0.05, 0) is 48.8 Å². The second kappa shape index (κ2) is 7.12. The molecule has 0 spiro atoms. The highest BCUT2D eigenvalue weighted by Gasteiger charge is 2.21. The van der Waals surface area contributed by atoms with Crippen molar-refractivity contribution in [2.75, 3.05) is 12.0 Å². The fourth-order valence-corrected chi connectivity index (χ4v) is 3.29. The molecule has 0 unspecified atom stereocenters. The minimum absolute atomic E-state index is 0.173. The van der Waals surface area contributed by atoms with Crippen molar-refractivity contribution in [3.05, 3.63) is 54.0 Å². The molecule has 0 bridgehead atoms. The van der Waals surface area contributed by atoms with Crippen LogP contribution in [0.25, 0.3) is 16.7 Å². The minimum Gasteiger partial charge on any atom is -0.342 e. The van der Waals surface area contributed by atoms with Crippen LogP contribution in [0, 0.1) is 0 Å². The zero-order valence-electron chi connectivity index (χ0n) is 14.1. The summed E-state index contributed by atoms with van der Waals surface area (Å²) in [5, 5.41) is 22.2. The summed E-state index contributed by atoms with van der Waals surface area (Å²) >= 11 is 1.73. The number of H-pyrrole nitrogens is 1. The molecular formula is C17H17N7OS. The molecule has 132 valence electrons. The molecule has 1 amide bonds. The quantitative estimate of drug-likeness (QED) is 0.542. The van der Waals surface area contributed by atoms with E-state index >= 15 is 0 Å². The van der Waals surface area contributed by atoms with Crippen LogP contribution in [0.2, 0.25) is 0 Å². The number of amides is 1. The van der Waals surface area contributed by atoms with Gasteiger partial charge in [-0.25, -0.2) is 0 Å². The van der Waals surface area contributed by atoms with E-state index < -0.39 is 0 Å². The van der Waals surface area contributed by atoms with E-state index in [4.69, 9.17) is 0 Å². The van der Waals surface area contributed by atoms with Crippen LogP contribution in [0.3, 0.4) is 0 Å². The van der Waals surface area contributed by atoms with Gasteiger partial charge >= 0.3 is 0 Å². The maximum atomic E-state index is 12.8. The largest absolute Gasteiger partial charge is 0.342 e. The molecule has 1 atom stereocenters. The minimum atomic E-state index is -0.236. The van der Waals surface area contributed by atoms with Gasteiger partial charge < -0.3 is 5.32 Å². The van der Waals surface area contributed by atoms with Gasteiger partial charge in [0.2, 0.25) is 0 Å². The Bertz CT molecular complexity index is 1060. The van der Waals surface area contributed by atoms with E-state index in [2.05, 4.69) is 30.9 Å². The fourth-order valence-electron chi connectivity index (χ4n) is 2.82. The second-order valence-electron chi connectivity index (χ2n) is 5.82. The Morgan fingerprint density at radius 1 is 1.23 bits per heavy atom. The summed E-state index contributed by atoms with van der Waals surface area (Å²) < 4.78 is 1.91. The topological polar surface area (TPSA) is 101 Å². The van der Waals surface area contributed by atoms with Gasteiger partial charge in [-0.2, -0.15) is 27.2 Å². The van der Waals surface area contributed by atoms with Crippen LogP contribution in [0.15, 0.2) is 42.6 Å². The number of fused-ring (bicyclic) bond motifs is 2. The average Bonchev–Trinajstić information content (AvgIpc) is 3.31. The number of pyridine rings is 1. The molecule has 0 radical (unpaired) electrons. The highest BCUT2D eigenvalue weighted by molar-refractivity contribution is 7.98. The lowest BCUT2D eigenvalue weighted by molar-refractivity contribution is 0.0934. The van der Waals surface area contributed by atoms with Gasteiger partial charge in [-0.3, -0.25) is 9.20 Å². The van der Waals surface area contributed by atoms with Crippen LogP contribution >= 0.6 is 11.8 Å². The summed E-state index contributed by atoms with van der Waals surface area (Å²) in [6.07, 6.45) is 4.71. The van der Waals surface area contributed by atoms with E-state index in [1.807, 2.05) is 35.1 Å². The number of rotatable bonds is 6. The molecule has 1 aromatic carbocycles. The Morgan fingerprint density at radius 2 is 2.12 bits per heavy atom. The molecule has 4 rings (SSSR count). The van der Waals surface area contributed by atoms with E-state index in [1.165, 1.54) is 0 Å². The van der Waals surface area contributed by atoms with Gasteiger partial charge in [0.25, 0.3) is 5.91 Å². The molecule has 2 N–H and O–H groups in total. The number of aromatic amines is 1. The predicted molar refractivity (Wildman–Crippen MR) is 100 cm³/mol. The number of aromatic nitrogens is 6. The molecule has 0 aliphatic heterocycles. The van der Waals surface area contributed by atoms with Gasteiger partial charge in [0, 0.05) is 11.8 Å². The van der Waals surface area contributed by atoms with Gasteiger partial charge in [0.15, 0.2) is 11.5 Å². The van der Waals surface area contributed by atoms with Gasteiger partial charge in [0.05, 0.1) is 6.04 Å². The third kappa shape index (κ3) is 3.13. The van der Waals surface area contributed by atoms with Crippen molar-refractivity contribution in [2.45, 2.75) is 12.5 Å². The molecule has 0 saturated carbocycles. The highest BCUT2D eigenvalue weighted by Crippen LogP contribution is 2.19. The summed E-state index contributed by atoms with van der Waals surface area (Å²) in [4.78, 5) is 12.8. The van der Waals surface area contributed by atoms with E-state index in [1.54, 1.807) is 30.0 Å². The van der Waals surface area contributed by atoms with Gasteiger partial charge in [-0.15, -0.1) is 10.2 Å². The molecule has 0 saturated heterocycles. The first kappa shape index (κ1) is 16.5. The lowest BCUT2D eigenvalue weighted by Crippen LogP contribution is -2.30. The van der Waals surface area contributed by atoms with Crippen LogP contribution in [0.5, 0.6) is 0 Å². The lowest BCUT2D eigenvalue weighted by atomic mass is 10.1. The maximum absolute atomic E-state index is 12.8. The van der Waals surface area contributed by atoms with E-state index in [-0.39, 0.29) is 11.9 Å². The zero-order chi connectivity index (χ0) is 17.9. The Hall–Kier alpha value is -2.94. The Kier molecular flexibility index (Phi) is 4.53. The number of benzene rings is 1. The average molecular weight is 367 g/mol. The van der Waals surface area contributed by atoms with Crippen LogP contribution in [0.4, 0.5) is 0 Å². The molecule has 26 heavy (non-hydrogen) atoms. The van der Waals surface area contributed by atoms with Crippen molar-refractivity contribution < 1.29 is 4.79 Å². The molecular weight excluding hydrogens is 350 g/mol. The molecule has 0 aliphatic carbocycles. The first-order chi connectivity index (χ1) is 12.8. The van der Waals surface area contributed by atoms with E-state index in [0.717, 1.165) is 29.2 Å².